The molecule has 1 aliphatic carbocycles. The van der Waals surface area contributed by atoms with Gasteiger partial charge in [0.1, 0.15) is 0 Å². The van der Waals surface area contributed by atoms with Crippen molar-refractivity contribution in [1.29, 1.82) is 0 Å². The highest BCUT2D eigenvalue weighted by atomic mass is 16.4. The number of aliphatic carboxylic acids is 1. The number of aromatic carboxylic acids is 1. The van der Waals surface area contributed by atoms with Gasteiger partial charge in [0.25, 0.3) is 0 Å². The summed E-state index contributed by atoms with van der Waals surface area (Å²) < 4.78 is 0. The first kappa shape index (κ1) is 33.3. The molecule has 6 aromatic rings. The van der Waals surface area contributed by atoms with E-state index in [2.05, 4.69) is 30.4 Å². The van der Waals surface area contributed by atoms with Gasteiger partial charge in [0, 0.05) is 29.5 Å². The van der Waals surface area contributed by atoms with Gasteiger partial charge in [-0.3, -0.25) is 9.98 Å². The molecule has 0 amide bonds. The summed E-state index contributed by atoms with van der Waals surface area (Å²) in [5.74, 6) is -0.944. The molecule has 2 N–H and O–H groups in total. The second kappa shape index (κ2) is 15.1. The zero-order valence-corrected chi connectivity index (χ0v) is 27.6. The Morgan fingerprint density at radius 3 is 1.42 bits per heavy atom. The van der Waals surface area contributed by atoms with Gasteiger partial charge in [-0.2, -0.15) is 0 Å². The summed E-state index contributed by atoms with van der Waals surface area (Å²) in [6, 6.07) is 38.1. The highest BCUT2D eigenvalue weighted by Gasteiger charge is 2.12. The van der Waals surface area contributed by atoms with Gasteiger partial charge < -0.3 is 10.2 Å². The van der Waals surface area contributed by atoms with E-state index >= 15 is 0 Å². The summed E-state index contributed by atoms with van der Waals surface area (Å²) in [4.78, 5) is 31.2. The molecule has 5 aromatic carbocycles. The van der Waals surface area contributed by atoms with Crippen molar-refractivity contribution in [3.63, 3.8) is 0 Å². The number of carboxylic acids is 2. The van der Waals surface area contributed by atoms with E-state index in [-0.39, 0.29) is 11.5 Å². The van der Waals surface area contributed by atoms with Gasteiger partial charge in [0.05, 0.1) is 22.5 Å². The van der Waals surface area contributed by atoms with Crippen molar-refractivity contribution in [2.24, 2.45) is 15.9 Å². The standard InChI is InChI=1S/C42H30N6O4/c49-41(50)35-5-1-27(2-6-35)25-43-37-21-17-31(18-22-37)29-9-13-33(14-10-29)39-45-47-40(48-46-39)34-15-11-30(12-16-34)32-19-23-38(24-20-32)44-26-28-3-7-36(8-4-28)42(51)52/h1-3,5-26,28H,4H2,(H,49,50)(H,51,52). The van der Waals surface area contributed by atoms with Gasteiger partial charge in [-0.15, -0.1) is 20.4 Å². The van der Waals surface area contributed by atoms with E-state index in [1.165, 1.54) is 0 Å². The average molecular weight is 683 g/mol. The van der Waals surface area contributed by atoms with E-state index in [1.54, 1.807) is 42.6 Å². The van der Waals surface area contributed by atoms with Crippen LogP contribution in [0.1, 0.15) is 22.3 Å². The predicted octanol–water partition coefficient (Wildman–Crippen LogP) is 8.67. The molecular formula is C42H30N6O4. The third-order valence-corrected chi connectivity index (χ3v) is 8.48. The van der Waals surface area contributed by atoms with Crippen molar-refractivity contribution in [3.05, 3.63) is 156 Å². The maximum atomic E-state index is 11.1. The molecule has 10 nitrogen and oxygen atoms in total. The summed E-state index contributed by atoms with van der Waals surface area (Å²) in [5.41, 5.74) is 8.70. The first-order chi connectivity index (χ1) is 25.4. The molecule has 1 aromatic heterocycles. The molecule has 0 bridgehead atoms. The summed E-state index contributed by atoms with van der Waals surface area (Å²) in [7, 11) is 0. The van der Waals surface area contributed by atoms with E-state index in [1.807, 2.05) is 109 Å². The molecule has 0 saturated carbocycles. The highest BCUT2D eigenvalue weighted by molar-refractivity contribution is 5.91. The molecule has 0 aliphatic heterocycles. The zero-order valence-electron chi connectivity index (χ0n) is 27.6. The number of benzene rings is 5. The minimum Gasteiger partial charge on any atom is -0.478 e. The van der Waals surface area contributed by atoms with E-state index in [4.69, 9.17) is 10.2 Å². The maximum Gasteiger partial charge on any atom is 0.335 e. The van der Waals surface area contributed by atoms with Crippen LogP contribution in [0, 0.1) is 5.92 Å². The van der Waals surface area contributed by atoms with Crippen LogP contribution in [0.2, 0.25) is 0 Å². The van der Waals surface area contributed by atoms with Crippen molar-refractivity contribution < 1.29 is 19.8 Å². The zero-order chi connectivity index (χ0) is 35.9. The second-order valence-corrected chi connectivity index (χ2v) is 12.0. The number of aliphatic imine (C=N–C) groups is 2. The number of allylic oxidation sites excluding steroid dienone is 2. The summed E-state index contributed by atoms with van der Waals surface area (Å²) >= 11 is 0. The third kappa shape index (κ3) is 7.98. The molecule has 0 saturated heterocycles. The van der Waals surface area contributed by atoms with Crippen LogP contribution >= 0.6 is 0 Å². The van der Waals surface area contributed by atoms with Crippen molar-refractivity contribution in [2.75, 3.05) is 0 Å². The number of carbonyl (C=O) groups is 2. The topological polar surface area (TPSA) is 151 Å². The van der Waals surface area contributed by atoms with E-state index in [9.17, 15) is 9.59 Å². The van der Waals surface area contributed by atoms with Crippen molar-refractivity contribution in [1.82, 2.24) is 20.4 Å². The Kier molecular flexibility index (Phi) is 9.70. The van der Waals surface area contributed by atoms with Crippen LogP contribution in [0.3, 0.4) is 0 Å². The molecule has 252 valence electrons. The largest absolute Gasteiger partial charge is 0.478 e. The molecule has 52 heavy (non-hydrogen) atoms. The van der Waals surface area contributed by atoms with Gasteiger partial charge in [-0.05, 0) is 70.6 Å². The molecule has 1 atom stereocenters. The number of rotatable bonds is 10. The van der Waals surface area contributed by atoms with E-state index in [0.717, 1.165) is 50.3 Å². The Bertz CT molecular complexity index is 2330. The number of aromatic nitrogens is 4. The van der Waals surface area contributed by atoms with Crippen LogP contribution in [-0.4, -0.2) is 55.0 Å². The lowest BCUT2D eigenvalue weighted by molar-refractivity contribution is -0.132. The lowest BCUT2D eigenvalue weighted by Gasteiger charge is -2.09. The van der Waals surface area contributed by atoms with Gasteiger partial charge in [0.2, 0.25) is 11.6 Å². The van der Waals surface area contributed by atoms with Crippen LogP contribution < -0.4 is 0 Å². The average Bonchev–Trinajstić information content (AvgIpc) is 3.20. The smallest absolute Gasteiger partial charge is 0.335 e. The Morgan fingerprint density at radius 2 is 1.00 bits per heavy atom. The van der Waals surface area contributed by atoms with Crippen molar-refractivity contribution >= 4 is 35.7 Å². The first-order valence-electron chi connectivity index (χ1n) is 16.4. The Hall–Kier alpha value is -7.20. The number of hydrogen-bond donors (Lipinski definition) is 2. The normalized spacial score (nSPS) is 14.1. The molecule has 0 radical (unpaired) electrons. The molecule has 7 rings (SSSR count). The van der Waals surface area contributed by atoms with Gasteiger partial charge >= 0.3 is 11.9 Å². The van der Waals surface area contributed by atoms with Crippen LogP contribution in [-0.2, 0) is 4.79 Å². The third-order valence-electron chi connectivity index (χ3n) is 8.48. The first-order valence-corrected chi connectivity index (χ1v) is 16.4. The summed E-state index contributed by atoms with van der Waals surface area (Å²) in [6.45, 7) is 0. The Balaban J connectivity index is 0.943. The summed E-state index contributed by atoms with van der Waals surface area (Å²) in [5, 5.41) is 35.5. The van der Waals surface area contributed by atoms with E-state index in [0.29, 0.717) is 23.6 Å². The second-order valence-electron chi connectivity index (χ2n) is 12.0. The lowest BCUT2D eigenvalue weighted by Crippen LogP contribution is -2.06. The maximum absolute atomic E-state index is 11.1. The van der Waals surface area contributed by atoms with Gasteiger partial charge in [-0.1, -0.05) is 103 Å². The van der Waals surface area contributed by atoms with Crippen LogP contribution in [0.15, 0.2) is 155 Å². The van der Waals surface area contributed by atoms with Gasteiger partial charge in [0.15, 0.2) is 0 Å². The monoisotopic (exact) mass is 682 g/mol. The Morgan fingerprint density at radius 1 is 0.558 bits per heavy atom. The number of carboxylic acid groups (broad SMARTS) is 2. The predicted molar refractivity (Wildman–Crippen MR) is 201 cm³/mol. The van der Waals surface area contributed by atoms with Crippen molar-refractivity contribution in [3.8, 4) is 45.0 Å². The molecule has 1 aliphatic rings. The molecule has 10 heteroatoms. The lowest BCUT2D eigenvalue weighted by atomic mass is 9.98. The SMILES string of the molecule is O=C(O)C1=CCC(C=Nc2ccc(-c3ccc(-c4nnc(-c5ccc(-c6ccc(N=Cc7ccc(C(=O)O)cc7)cc6)cc5)nn4)cc3)cc2)C=C1. The summed E-state index contributed by atoms with van der Waals surface area (Å²) in [6.07, 6.45) is 9.36. The minimum atomic E-state index is -0.957. The number of hydrogen-bond acceptors (Lipinski definition) is 8. The Labute approximate surface area is 298 Å². The van der Waals surface area contributed by atoms with Crippen LogP contribution in [0.25, 0.3) is 45.0 Å². The van der Waals surface area contributed by atoms with Crippen LogP contribution in [0.5, 0.6) is 0 Å². The molecule has 0 spiro atoms. The molecule has 1 heterocycles. The quantitative estimate of drug-likeness (QED) is 0.136. The fourth-order valence-electron chi connectivity index (χ4n) is 5.51. The van der Waals surface area contributed by atoms with Crippen LogP contribution in [0.4, 0.5) is 11.4 Å². The van der Waals surface area contributed by atoms with Crippen molar-refractivity contribution in [2.45, 2.75) is 6.42 Å². The van der Waals surface area contributed by atoms with E-state index < -0.39 is 11.9 Å². The molecule has 0 fully saturated rings. The highest BCUT2D eigenvalue weighted by Crippen LogP contribution is 2.27. The molecule has 1 unspecified atom stereocenters. The minimum absolute atomic E-state index is 0.0698. The fourth-order valence-corrected chi connectivity index (χ4v) is 5.51. The fraction of sp³-hybridized carbons (Fsp3) is 0.0476. The van der Waals surface area contributed by atoms with Gasteiger partial charge in [-0.25, -0.2) is 9.59 Å². The molecular weight excluding hydrogens is 652 g/mol. The number of nitrogens with zero attached hydrogens (tertiary/aromatic N) is 6.